The second-order valence-corrected chi connectivity index (χ2v) is 10.5. The Labute approximate surface area is 250 Å². The third-order valence-corrected chi connectivity index (χ3v) is 7.51. The summed E-state index contributed by atoms with van der Waals surface area (Å²) in [6.07, 6.45) is 1.71. The zero-order chi connectivity index (χ0) is 29.1. The number of rotatable bonds is 7. The third kappa shape index (κ3) is 5.42. The molecule has 0 saturated heterocycles. The van der Waals surface area contributed by atoms with Gasteiger partial charge in [0.1, 0.15) is 0 Å². The van der Waals surface area contributed by atoms with Crippen molar-refractivity contribution in [1.29, 1.82) is 0 Å². The standard InChI is InChI=1S/C36H29ClN4O/c1-25-13-14-26(2)40(25)32-19-15-29(16-20-32)36(42)39-38-24-30-23-34(27-9-5-3-6-10-27)41(33-21-17-31(37)18-22-33)35(30)28-11-7-4-8-12-28/h3-24H,1-2H3,(H,39,42)/b38-24-. The number of halogens is 1. The van der Waals surface area contributed by atoms with Gasteiger partial charge in [0.2, 0.25) is 0 Å². The monoisotopic (exact) mass is 568 g/mol. The Hall–Kier alpha value is -5.13. The highest BCUT2D eigenvalue weighted by Crippen LogP contribution is 2.35. The number of hydrogen-bond acceptors (Lipinski definition) is 2. The minimum absolute atomic E-state index is 0.277. The summed E-state index contributed by atoms with van der Waals surface area (Å²) in [5.74, 6) is -0.277. The zero-order valence-electron chi connectivity index (χ0n) is 23.3. The van der Waals surface area contributed by atoms with E-state index >= 15 is 0 Å². The quantitative estimate of drug-likeness (QED) is 0.152. The summed E-state index contributed by atoms with van der Waals surface area (Å²) in [6.45, 7) is 4.13. The predicted octanol–water partition coefficient (Wildman–Crippen LogP) is 8.64. The van der Waals surface area contributed by atoms with Crippen molar-refractivity contribution in [2.75, 3.05) is 0 Å². The molecule has 5 nitrogen and oxygen atoms in total. The molecular formula is C36H29ClN4O. The molecule has 0 bridgehead atoms. The van der Waals surface area contributed by atoms with E-state index in [4.69, 9.17) is 11.6 Å². The fraction of sp³-hybridized carbons (Fsp3) is 0.0556. The molecule has 0 aliphatic rings. The van der Waals surface area contributed by atoms with Crippen LogP contribution in [-0.2, 0) is 0 Å². The molecule has 0 spiro atoms. The number of carbonyl (C=O) groups excluding carboxylic acids is 1. The van der Waals surface area contributed by atoms with Gasteiger partial charge in [0.25, 0.3) is 5.91 Å². The van der Waals surface area contributed by atoms with Crippen molar-refractivity contribution in [1.82, 2.24) is 14.6 Å². The number of nitrogens with zero attached hydrogens (tertiary/aromatic N) is 3. The van der Waals surface area contributed by atoms with Crippen molar-refractivity contribution in [3.63, 3.8) is 0 Å². The highest BCUT2D eigenvalue weighted by molar-refractivity contribution is 6.30. The van der Waals surface area contributed by atoms with Gasteiger partial charge in [-0.1, -0.05) is 72.3 Å². The maximum Gasteiger partial charge on any atom is 0.271 e. The Balaban J connectivity index is 1.36. The van der Waals surface area contributed by atoms with Gasteiger partial charge in [-0.25, -0.2) is 5.43 Å². The zero-order valence-corrected chi connectivity index (χ0v) is 24.1. The lowest BCUT2D eigenvalue weighted by atomic mass is 10.1. The minimum atomic E-state index is -0.277. The van der Waals surface area contributed by atoms with E-state index in [1.165, 1.54) is 0 Å². The molecule has 6 heteroatoms. The molecule has 2 heterocycles. The topological polar surface area (TPSA) is 51.3 Å². The summed E-state index contributed by atoms with van der Waals surface area (Å²) >= 11 is 6.24. The Kier molecular flexibility index (Phi) is 7.58. The molecule has 0 fully saturated rings. The smallest absolute Gasteiger partial charge is 0.271 e. The van der Waals surface area contributed by atoms with Crippen molar-refractivity contribution in [3.8, 4) is 33.9 Å². The van der Waals surface area contributed by atoms with E-state index < -0.39 is 0 Å². The Morgan fingerprint density at radius 3 is 1.86 bits per heavy atom. The molecule has 1 N–H and O–H groups in total. The lowest BCUT2D eigenvalue weighted by Gasteiger charge is -2.15. The van der Waals surface area contributed by atoms with Gasteiger partial charge in [-0.2, -0.15) is 5.10 Å². The molecule has 0 radical (unpaired) electrons. The summed E-state index contributed by atoms with van der Waals surface area (Å²) in [6, 6.07) is 42.0. The number of nitrogens with one attached hydrogen (secondary N) is 1. The van der Waals surface area contributed by atoms with Crippen LogP contribution in [0.15, 0.2) is 132 Å². The summed E-state index contributed by atoms with van der Waals surface area (Å²) in [7, 11) is 0. The van der Waals surface area contributed by atoms with Crippen LogP contribution in [-0.4, -0.2) is 21.3 Å². The molecule has 4 aromatic carbocycles. The third-order valence-electron chi connectivity index (χ3n) is 7.26. The van der Waals surface area contributed by atoms with Gasteiger partial charge in [0, 0.05) is 38.9 Å². The first kappa shape index (κ1) is 27.1. The van der Waals surface area contributed by atoms with Gasteiger partial charge in [-0.3, -0.25) is 4.79 Å². The largest absolute Gasteiger partial charge is 0.319 e. The Morgan fingerprint density at radius 2 is 1.24 bits per heavy atom. The molecule has 6 rings (SSSR count). The average molecular weight is 569 g/mol. The molecule has 0 aliphatic heterocycles. The van der Waals surface area contributed by atoms with E-state index in [-0.39, 0.29) is 5.91 Å². The Bertz CT molecular complexity index is 1850. The van der Waals surface area contributed by atoms with Crippen molar-refractivity contribution in [2.24, 2.45) is 5.10 Å². The van der Waals surface area contributed by atoms with Crippen LogP contribution in [0, 0.1) is 13.8 Å². The lowest BCUT2D eigenvalue weighted by molar-refractivity contribution is 0.0955. The number of aryl methyl sites for hydroxylation is 2. The highest BCUT2D eigenvalue weighted by Gasteiger charge is 2.19. The molecule has 0 unspecified atom stereocenters. The van der Waals surface area contributed by atoms with Crippen LogP contribution in [0.25, 0.3) is 33.9 Å². The van der Waals surface area contributed by atoms with E-state index in [1.54, 1.807) is 6.21 Å². The van der Waals surface area contributed by atoms with Gasteiger partial charge in [-0.15, -0.1) is 0 Å². The summed E-state index contributed by atoms with van der Waals surface area (Å²) in [4.78, 5) is 13.0. The second-order valence-electron chi connectivity index (χ2n) is 10.1. The van der Waals surface area contributed by atoms with E-state index in [9.17, 15) is 4.79 Å². The number of amides is 1. The molecular weight excluding hydrogens is 540 g/mol. The van der Waals surface area contributed by atoms with Crippen LogP contribution in [0.2, 0.25) is 5.02 Å². The first-order valence-electron chi connectivity index (χ1n) is 13.7. The van der Waals surface area contributed by atoms with E-state index in [0.717, 1.165) is 50.8 Å². The number of benzene rings is 4. The van der Waals surface area contributed by atoms with E-state index in [0.29, 0.717) is 10.6 Å². The van der Waals surface area contributed by atoms with Crippen molar-refractivity contribution in [2.45, 2.75) is 13.8 Å². The Morgan fingerprint density at radius 1 is 0.690 bits per heavy atom. The first-order chi connectivity index (χ1) is 20.5. The van der Waals surface area contributed by atoms with Gasteiger partial charge in [-0.05, 0) is 91.7 Å². The second kappa shape index (κ2) is 11.8. The van der Waals surface area contributed by atoms with Crippen molar-refractivity contribution >= 4 is 23.7 Å². The molecule has 2 aromatic heterocycles. The number of hydrogen-bond donors (Lipinski definition) is 1. The van der Waals surface area contributed by atoms with Gasteiger partial charge < -0.3 is 9.13 Å². The normalized spacial score (nSPS) is 11.2. The van der Waals surface area contributed by atoms with Gasteiger partial charge in [0.15, 0.2) is 0 Å². The molecule has 42 heavy (non-hydrogen) atoms. The van der Waals surface area contributed by atoms with Gasteiger partial charge >= 0.3 is 0 Å². The summed E-state index contributed by atoms with van der Waals surface area (Å²) < 4.78 is 4.36. The molecule has 0 saturated carbocycles. The van der Waals surface area contributed by atoms with E-state index in [2.05, 4.69) is 76.0 Å². The van der Waals surface area contributed by atoms with Crippen molar-refractivity contribution < 1.29 is 4.79 Å². The average Bonchev–Trinajstić information content (AvgIpc) is 3.57. The van der Waals surface area contributed by atoms with Crippen LogP contribution >= 0.6 is 11.6 Å². The lowest BCUT2D eigenvalue weighted by Crippen LogP contribution is -2.17. The predicted molar refractivity (Wildman–Crippen MR) is 172 cm³/mol. The molecule has 0 atom stereocenters. The van der Waals surface area contributed by atoms with Gasteiger partial charge in [0.05, 0.1) is 17.6 Å². The van der Waals surface area contributed by atoms with Crippen LogP contribution in [0.4, 0.5) is 0 Å². The van der Waals surface area contributed by atoms with Crippen LogP contribution in [0.3, 0.4) is 0 Å². The maximum atomic E-state index is 13.0. The molecule has 1 amide bonds. The highest BCUT2D eigenvalue weighted by atomic mass is 35.5. The molecule has 6 aromatic rings. The van der Waals surface area contributed by atoms with Crippen LogP contribution in [0.5, 0.6) is 0 Å². The number of aromatic nitrogens is 2. The van der Waals surface area contributed by atoms with Crippen LogP contribution < -0.4 is 5.43 Å². The fourth-order valence-electron chi connectivity index (χ4n) is 5.26. The SMILES string of the molecule is Cc1ccc(C)n1-c1ccc(C(=O)N/N=C\c2cc(-c3ccccc3)n(-c3ccc(Cl)cc3)c2-c2ccccc2)cc1. The summed E-state index contributed by atoms with van der Waals surface area (Å²) in [5.41, 5.74) is 12.4. The van der Waals surface area contributed by atoms with Crippen molar-refractivity contribution in [3.05, 3.63) is 155 Å². The molecule has 0 aliphatic carbocycles. The number of carbonyl (C=O) groups is 1. The van der Waals surface area contributed by atoms with E-state index in [1.807, 2.05) is 84.9 Å². The fourth-order valence-corrected chi connectivity index (χ4v) is 5.39. The first-order valence-corrected chi connectivity index (χ1v) is 14.1. The number of hydrazone groups is 1. The minimum Gasteiger partial charge on any atom is -0.319 e. The molecule has 206 valence electrons. The van der Waals surface area contributed by atoms with Crippen LogP contribution in [0.1, 0.15) is 27.3 Å². The maximum absolute atomic E-state index is 13.0. The summed E-state index contributed by atoms with van der Waals surface area (Å²) in [5, 5.41) is 5.07.